The number of amides is 1. The van der Waals surface area contributed by atoms with Crippen molar-refractivity contribution >= 4 is 5.91 Å². The van der Waals surface area contributed by atoms with Crippen molar-refractivity contribution in [2.75, 3.05) is 0 Å². The number of hydrogen-bond acceptors (Lipinski definition) is 2. The minimum absolute atomic E-state index is 0.113. The largest absolute Gasteiger partial charge is 0.393 e. The van der Waals surface area contributed by atoms with E-state index in [1.54, 1.807) is 0 Å². The molecule has 1 aliphatic heterocycles. The summed E-state index contributed by atoms with van der Waals surface area (Å²) in [7, 11) is 0. The van der Waals surface area contributed by atoms with Gasteiger partial charge in [-0.05, 0) is 61.2 Å². The molecule has 2 saturated carbocycles. The molecule has 1 amide bonds. The van der Waals surface area contributed by atoms with E-state index in [9.17, 15) is 9.90 Å². The minimum atomic E-state index is -0.123. The highest BCUT2D eigenvalue weighted by Crippen LogP contribution is 2.65. The van der Waals surface area contributed by atoms with Gasteiger partial charge < -0.3 is 10.4 Å². The monoisotopic (exact) mass is 317 g/mol. The number of nitrogens with one attached hydrogen (secondary N) is 1. The predicted octanol–water partition coefficient (Wildman–Crippen LogP) is 3.63. The van der Waals surface area contributed by atoms with Gasteiger partial charge in [0, 0.05) is 17.5 Å². The lowest BCUT2D eigenvalue weighted by molar-refractivity contribution is -0.125. The quantitative estimate of drug-likeness (QED) is 0.776. The van der Waals surface area contributed by atoms with E-state index in [1.807, 2.05) is 0 Å². The predicted molar refractivity (Wildman–Crippen MR) is 90.4 cm³/mol. The molecule has 4 aliphatic rings. The van der Waals surface area contributed by atoms with Crippen molar-refractivity contribution in [2.24, 2.45) is 34.5 Å². The molecule has 0 unspecified atom stereocenters. The Kier molecular flexibility index (Phi) is 3.46. The van der Waals surface area contributed by atoms with E-state index in [-0.39, 0.29) is 22.8 Å². The molecule has 0 spiro atoms. The molecular formula is C20H31NO2. The third-order valence-electron chi connectivity index (χ3n) is 8.23. The Bertz CT molecular complexity index is 556. The van der Waals surface area contributed by atoms with Crippen molar-refractivity contribution < 1.29 is 9.90 Å². The van der Waals surface area contributed by atoms with Gasteiger partial charge in [0.05, 0.1) is 6.10 Å². The van der Waals surface area contributed by atoms with E-state index in [0.717, 1.165) is 25.7 Å². The lowest BCUT2D eigenvalue weighted by Gasteiger charge is -2.57. The molecule has 3 fully saturated rings. The van der Waals surface area contributed by atoms with E-state index in [2.05, 4.69) is 32.2 Å². The zero-order valence-electron chi connectivity index (χ0n) is 14.8. The van der Waals surface area contributed by atoms with Crippen molar-refractivity contribution in [2.45, 2.75) is 71.8 Å². The molecule has 0 radical (unpaired) electrons. The SMILES string of the molecule is CC[C@@H]1C[C@H](O)[C@@]2(C)CC[C@H]3[C@@H](CC=C4NC(=O)CC[C@@]43C)[C@H]12. The zero-order valence-corrected chi connectivity index (χ0v) is 14.8. The van der Waals surface area contributed by atoms with Crippen LogP contribution in [0.3, 0.4) is 0 Å². The molecule has 0 aromatic carbocycles. The highest BCUT2D eigenvalue weighted by Gasteiger charge is 2.61. The van der Waals surface area contributed by atoms with E-state index in [1.165, 1.54) is 18.5 Å². The third kappa shape index (κ3) is 2.01. The van der Waals surface area contributed by atoms with Crippen molar-refractivity contribution in [1.29, 1.82) is 0 Å². The van der Waals surface area contributed by atoms with E-state index < -0.39 is 0 Å². The van der Waals surface area contributed by atoms with Gasteiger partial charge in [0.2, 0.25) is 5.91 Å². The number of aliphatic hydroxyl groups excluding tert-OH is 1. The number of carbonyl (C=O) groups excluding carboxylic acids is 1. The summed E-state index contributed by atoms with van der Waals surface area (Å²) in [5.41, 5.74) is 1.45. The van der Waals surface area contributed by atoms with Gasteiger partial charge in [0.25, 0.3) is 0 Å². The van der Waals surface area contributed by atoms with Crippen LogP contribution in [-0.4, -0.2) is 17.1 Å². The van der Waals surface area contributed by atoms with Crippen LogP contribution < -0.4 is 5.32 Å². The summed E-state index contributed by atoms with van der Waals surface area (Å²) < 4.78 is 0. The Hall–Kier alpha value is -0.830. The molecule has 128 valence electrons. The number of fused-ring (bicyclic) bond motifs is 5. The summed E-state index contributed by atoms with van der Waals surface area (Å²) in [6.07, 6.45) is 9.47. The molecule has 1 saturated heterocycles. The molecule has 23 heavy (non-hydrogen) atoms. The number of hydrogen-bond donors (Lipinski definition) is 2. The summed E-state index contributed by atoms with van der Waals surface area (Å²) >= 11 is 0. The highest BCUT2D eigenvalue weighted by molar-refractivity contribution is 5.79. The number of aliphatic hydroxyl groups is 1. The van der Waals surface area contributed by atoms with Crippen LogP contribution in [0, 0.1) is 34.5 Å². The second-order valence-corrected chi connectivity index (χ2v) is 9.08. The van der Waals surface area contributed by atoms with Crippen LogP contribution in [0.25, 0.3) is 0 Å². The molecule has 3 aliphatic carbocycles. The summed E-state index contributed by atoms with van der Waals surface area (Å²) in [6.45, 7) is 7.02. The van der Waals surface area contributed by atoms with Crippen LogP contribution in [0.1, 0.15) is 65.7 Å². The second-order valence-electron chi connectivity index (χ2n) is 9.08. The first kappa shape index (κ1) is 15.7. The molecule has 1 heterocycles. The Labute approximate surface area is 139 Å². The van der Waals surface area contributed by atoms with Gasteiger partial charge in [0.15, 0.2) is 0 Å². The van der Waals surface area contributed by atoms with Crippen molar-refractivity contribution in [3.8, 4) is 0 Å². The van der Waals surface area contributed by atoms with Crippen LogP contribution in [0.4, 0.5) is 0 Å². The van der Waals surface area contributed by atoms with E-state index >= 15 is 0 Å². The number of piperidine rings is 1. The summed E-state index contributed by atoms with van der Waals surface area (Å²) in [4.78, 5) is 11.8. The average Bonchev–Trinajstić information content (AvgIpc) is 2.79. The summed E-state index contributed by atoms with van der Waals surface area (Å²) in [6, 6.07) is 0. The molecular weight excluding hydrogens is 286 g/mol. The van der Waals surface area contributed by atoms with E-state index in [4.69, 9.17) is 0 Å². The molecule has 3 heteroatoms. The number of rotatable bonds is 1. The van der Waals surface area contributed by atoms with Crippen molar-refractivity contribution in [1.82, 2.24) is 5.32 Å². The number of allylic oxidation sites excluding steroid dienone is 2. The maximum atomic E-state index is 11.8. The standard InChI is InChI=1S/C20H31NO2/c1-4-12-11-16(22)20(3)9-7-14-13(18(12)20)5-6-15-19(14,2)10-8-17(23)21-15/h6,12-14,16,18,22H,4-5,7-11H2,1-3H3,(H,21,23)/t12-,13-,14+,16+,18+,19-,20-/m1/s1. The fraction of sp³-hybridized carbons (Fsp3) is 0.850. The molecule has 7 atom stereocenters. The molecule has 0 aromatic rings. The van der Waals surface area contributed by atoms with E-state index in [0.29, 0.717) is 30.1 Å². The Morgan fingerprint density at radius 2 is 2.13 bits per heavy atom. The normalized spacial score (nSPS) is 52.1. The lowest BCUT2D eigenvalue weighted by Crippen LogP contribution is -2.54. The van der Waals surface area contributed by atoms with Crippen LogP contribution in [0.15, 0.2) is 11.8 Å². The van der Waals surface area contributed by atoms with Crippen LogP contribution in [0.5, 0.6) is 0 Å². The van der Waals surface area contributed by atoms with Gasteiger partial charge in [-0.1, -0.05) is 33.3 Å². The topological polar surface area (TPSA) is 49.3 Å². The van der Waals surface area contributed by atoms with Crippen molar-refractivity contribution in [3.63, 3.8) is 0 Å². The lowest BCUT2D eigenvalue weighted by atomic mass is 9.49. The van der Waals surface area contributed by atoms with Crippen LogP contribution in [0.2, 0.25) is 0 Å². The molecule has 0 bridgehead atoms. The van der Waals surface area contributed by atoms with Gasteiger partial charge in [0.1, 0.15) is 0 Å². The highest BCUT2D eigenvalue weighted by atomic mass is 16.3. The minimum Gasteiger partial charge on any atom is -0.393 e. The maximum Gasteiger partial charge on any atom is 0.224 e. The second kappa shape index (κ2) is 5.08. The zero-order chi connectivity index (χ0) is 16.4. The maximum absolute atomic E-state index is 11.8. The molecule has 4 rings (SSSR count). The molecule has 3 nitrogen and oxygen atoms in total. The Morgan fingerprint density at radius 1 is 1.35 bits per heavy atom. The first-order valence-electron chi connectivity index (χ1n) is 9.58. The molecule has 2 N–H and O–H groups in total. The average molecular weight is 317 g/mol. The fourth-order valence-electron chi connectivity index (χ4n) is 6.88. The van der Waals surface area contributed by atoms with Crippen LogP contribution >= 0.6 is 0 Å². The number of carbonyl (C=O) groups is 1. The first-order chi connectivity index (χ1) is 10.9. The van der Waals surface area contributed by atoms with Crippen LogP contribution in [-0.2, 0) is 4.79 Å². The Morgan fingerprint density at radius 3 is 2.87 bits per heavy atom. The van der Waals surface area contributed by atoms with Gasteiger partial charge in [-0.15, -0.1) is 0 Å². The smallest absolute Gasteiger partial charge is 0.224 e. The van der Waals surface area contributed by atoms with Gasteiger partial charge in [-0.2, -0.15) is 0 Å². The summed E-state index contributed by atoms with van der Waals surface area (Å²) in [5, 5.41) is 13.9. The third-order valence-corrected chi connectivity index (χ3v) is 8.23. The first-order valence-corrected chi connectivity index (χ1v) is 9.58. The Balaban J connectivity index is 1.72. The van der Waals surface area contributed by atoms with Gasteiger partial charge in [-0.25, -0.2) is 0 Å². The molecule has 0 aromatic heterocycles. The summed E-state index contributed by atoms with van der Waals surface area (Å²) in [5.74, 6) is 2.85. The fourth-order valence-corrected chi connectivity index (χ4v) is 6.88. The van der Waals surface area contributed by atoms with Gasteiger partial charge >= 0.3 is 0 Å². The van der Waals surface area contributed by atoms with Crippen molar-refractivity contribution in [3.05, 3.63) is 11.8 Å². The van der Waals surface area contributed by atoms with Gasteiger partial charge in [-0.3, -0.25) is 4.79 Å².